The van der Waals surface area contributed by atoms with Gasteiger partial charge in [0.2, 0.25) is 0 Å². The summed E-state index contributed by atoms with van der Waals surface area (Å²) >= 11 is 0. The van der Waals surface area contributed by atoms with Crippen molar-refractivity contribution < 1.29 is 13.2 Å². The second-order valence-electron chi connectivity index (χ2n) is 7.38. The van der Waals surface area contributed by atoms with Crippen molar-refractivity contribution >= 4 is 28.6 Å². The van der Waals surface area contributed by atoms with Crippen molar-refractivity contribution in [2.24, 2.45) is 11.2 Å². The Bertz CT molecular complexity index is 897. The van der Waals surface area contributed by atoms with Crippen LogP contribution in [0.3, 0.4) is 0 Å². The number of aryl methyl sites for hydroxylation is 1. The van der Waals surface area contributed by atoms with Crippen LogP contribution in [0.5, 0.6) is 0 Å². The van der Waals surface area contributed by atoms with E-state index in [1.165, 1.54) is 5.01 Å². The molecule has 162 valence electrons. The predicted octanol–water partition coefficient (Wildman–Crippen LogP) is 5.07. The van der Waals surface area contributed by atoms with Gasteiger partial charge in [-0.2, -0.15) is 13.2 Å². The number of aromatic nitrogens is 1. The van der Waals surface area contributed by atoms with Gasteiger partial charge in [-0.3, -0.25) is 0 Å². The van der Waals surface area contributed by atoms with Gasteiger partial charge < -0.3 is 15.5 Å². The van der Waals surface area contributed by atoms with Crippen LogP contribution in [0, 0.1) is 17.7 Å². The van der Waals surface area contributed by atoms with Gasteiger partial charge >= 0.3 is 6.18 Å². The normalized spacial score (nSPS) is 15.1. The van der Waals surface area contributed by atoms with Gasteiger partial charge in [-0.25, -0.2) is 9.99 Å². The summed E-state index contributed by atoms with van der Waals surface area (Å²) < 4.78 is 38.6. The molecule has 1 aliphatic heterocycles. The number of hydrogen-bond donors (Lipinski definition) is 2. The summed E-state index contributed by atoms with van der Waals surface area (Å²) in [6.07, 6.45) is -2.27. The van der Waals surface area contributed by atoms with E-state index in [4.69, 9.17) is 0 Å². The number of nitrogens with zero attached hydrogens (tertiary/aromatic N) is 4. The first kappa shape index (κ1) is 21.7. The highest BCUT2D eigenvalue weighted by molar-refractivity contribution is 5.76. The lowest BCUT2D eigenvalue weighted by Gasteiger charge is -2.34. The maximum absolute atomic E-state index is 12.9. The number of hydrogen-bond acceptors (Lipinski definition) is 6. The lowest BCUT2D eigenvalue weighted by Crippen LogP contribution is -2.39. The van der Waals surface area contributed by atoms with E-state index >= 15 is 0 Å². The van der Waals surface area contributed by atoms with Crippen molar-refractivity contribution in [3.63, 3.8) is 0 Å². The molecule has 1 aromatic heterocycles. The van der Waals surface area contributed by atoms with Crippen molar-refractivity contribution in [1.29, 1.82) is 0 Å². The van der Waals surface area contributed by atoms with Crippen LogP contribution in [-0.2, 0) is 0 Å². The van der Waals surface area contributed by atoms with Crippen molar-refractivity contribution in [3.05, 3.63) is 40.9 Å². The molecule has 1 aromatic carbocycles. The highest BCUT2D eigenvalue weighted by Gasteiger charge is 2.41. The van der Waals surface area contributed by atoms with E-state index in [1.54, 1.807) is 26.4 Å². The molecule has 0 unspecified atom stereocenters. The summed E-state index contributed by atoms with van der Waals surface area (Å²) in [6.45, 7) is 2.59. The Morgan fingerprint density at radius 1 is 1.20 bits per heavy atom. The Balaban J connectivity index is 1.71. The Morgan fingerprint density at radius 2 is 1.90 bits per heavy atom. The van der Waals surface area contributed by atoms with E-state index in [1.807, 2.05) is 30.0 Å². The van der Waals surface area contributed by atoms with E-state index in [9.17, 15) is 18.1 Å². The van der Waals surface area contributed by atoms with E-state index in [0.29, 0.717) is 24.6 Å². The van der Waals surface area contributed by atoms with Crippen LogP contribution in [-0.4, -0.2) is 38.3 Å². The average molecular weight is 422 g/mol. The van der Waals surface area contributed by atoms with Gasteiger partial charge in [-0.1, -0.05) is 0 Å². The predicted molar refractivity (Wildman–Crippen MR) is 113 cm³/mol. The summed E-state index contributed by atoms with van der Waals surface area (Å²) in [5.41, 5.74) is 3.82. The molecule has 0 bridgehead atoms. The van der Waals surface area contributed by atoms with Crippen molar-refractivity contribution in [3.8, 4) is 0 Å². The number of piperidine rings is 1. The Morgan fingerprint density at radius 3 is 2.47 bits per heavy atom. The molecule has 3 rings (SSSR count). The lowest BCUT2D eigenvalue weighted by atomic mass is 9.96. The van der Waals surface area contributed by atoms with E-state index in [-0.39, 0.29) is 12.8 Å². The maximum Gasteiger partial charge on any atom is 0.391 e. The van der Waals surface area contributed by atoms with Gasteiger partial charge in [0.1, 0.15) is 5.82 Å². The Labute approximate surface area is 173 Å². The number of benzene rings is 1. The highest BCUT2D eigenvalue weighted by atomic mass is 19.4. The van der Waals surface area contributed by atoms with Crippen LogP contribution in [0.25, 0.3) is 0 Å². The molecule has 0 spiro atoms. The van der Waals surface area contributed by atoms with Crippen molar-refractivity contribution in [2.75, 3.05) is 47.7 Å². The number of nitrogens with one attached hydrogen (secondary N) is 2. The number of anilines is 5. The molecule has 0 amide bonds. The van der Waals surface area contributed by atoms with Crippen LogP contribution in [0.1, 0.15) is 18.4 Å². The second-order valence-corrected chi connectivity index (χ2v) is 7.38. The minimum Gasteiger partial charge on any atom is -0.386 e. The van der Waals surface area contributed by atoms with Crippen molar-refractivity contribution in [2.45, 2.75) is 25.9 Å². The van der Waals surface area contributed by atoms with Crippen molar-refractivity contribution in [1.82, 2.24) is 4.98 Å². The third-order valence-corrected chi connectivity index (χ3v) is 5.33. The molecule has 0 saturated carbocycles. The molecule has 30 heavy (non-hydrogen) atoms. The molecule has 7 nitrogen and oxygen atoms in total. The molecular weight excluding hydrogens is 397 g/mol. The molecule has 10 heteroatoms. The number of rotatable bonds is 6. The molecule has 1 aliphatic rings. The summed E-state index contributed by atoms with van der Waals surface area (Å²) in [6, 6.07) is 7.37. The lowest BCUT2D eigenvalue weighted by molar-refractivity contribution is -0.179. The van der Waals surface area contributed by atoms with Gasteiger partial charge in [0, 0.05) is 32.9 Å². The molecule has 0 radical (unpaired) electrons. The number of halogens is 3. The number of pyridine rings is 1. The minimum absolute atomic E-state index is 0.0911. The van der Waals surface area contributed by atoms with Gasteiger partial charge in [0.15, 0.2) is 0 Å². The fourth-order valence-corrected chi connectivity index (χ4v) is 3.69. The Hall–Kier alpha value is -3.04. The first-order valence-corrected chi connectivity index (χ1v) is 9.67. The van der Waals surface area contributed by atoms with Crippen LogP contribution < -0.4 is 20.5 Å². The van der Waals surface area contributed by atoms with Crippen LogP contribution in [0.2, 0.25) is 0 Å². The summed E-state index contributed by atoms with van der Waals surface area (Å²) in [5.74, 6) is -0.515. The second kappa shape index (κ2) is 8.76. The fraction of sp³-hybridized carbons (Fsp3) is 0.450. The van der Waals surface area contributed by atoms with Gasteiger partial charge in [-0.15, -0.1) is 4.91 Å². The number of nitroso groups, excluding NO2 is 1. The molecule has 0 atom stereocenters. The fourth-order valence-electron chi connectivity index (χ4n) is 3.69. The van der Waals surface area contributed by atoms with Gasteiger partial charge in [0.25, 0.3) is 0 Å². The van der Waals surface area contributed by atoms with Crippen LogP contribution in [0.4, 0.5) is 41.7 Å². The van der Waals surface area contributed by atoms with E-state index in [0.717, 1.165) is 22.6 Å². The molecule has 2 aromatic rings. The molecular formula is C20H25F3N6O. The molecule has 0 aliphatic carbocycles. The third kappa shape index (κ3) is 4.74. The quantitative estimate of drug-likeness (QED) is 0.500. The first-order valence-electron chi connectivity index (χ1n) is 9.67. The Kier molecular flexibility index (Phi) is 6.33. The topological polar surface area (TPSA) is 72.9 Å². The largest absolute Gasteiger partial charge is 0.391 e. The zero-order chi connectivity index (χ0) is 21.9. The van der Waals surface area contributed by atoms with Gasteiger partial charge in [-0.05, 0) is 49.6 Å². The first-order chi connectivity index (χ1) is 14.2. The zero-order valence-corrected chi connectivity index (χ0v) is 17.1. The van der Waals surface area contributed by atoms with E-state index in [2.05, 4.69) is 20.9 Å². The third-order valence-electron chi connectivity index (χ3n) is 5.33. The molecule has 2 N–H and O–H groups in total. The molecule has 1 saturated heterocycles. The smallest absolute Gasteiger partial charge is 0.386 e. The SMILES string of the molecule is CNc1cc(Nc2cnc(N3CCC(C(F)(F)F)CC3)c(C)c2)ccc1N(C)N=O. The monoisotopic (exact) mass is 422 g/mol. The zero-order valence-electron chi connectivity index (χ0n) is 17.1. The van der Waals surface area contributed by atoms with Crippen LogP contribution in [0.15, 0.2) is 35.7 Å². The molecule has 2 heterocycles. The summed E-state index contributed by atoms with van der Waals surface area (Å²) in [7, 11) is 3.32. The van der Waals surface area contributed by atoms with Gasteiger partial charge in [0.05, 0.1) is 34.5 Å². The summed E-state index contributed by atoms with van der Waals surface area (Å²) in [4.78, 5) is 17.2. The minimum atomic E-state index is -4.12. The van der Waals surface area contributed by atoms with E-state index < -0.39 is 12.1 Å². The summed E-state index contributed by atoms with van der Waals surface area (Å²) in [5, 5.41) is 10.4. The highest BCUT2D eigenvalue weighted by Crippen LogP contribution is 2.36. The standard InChI is InChI=1S/C20H25F3N6O/c1-13-10-16(26-15-4-5-18(28(3)27-30)17(11-15)24-2)12-25-19(13)29-8-6-14(7-9-29)20(21,22)23/h4-5,10-12,14,24,26H,6-9H2,1-3H3. The average Bonchev–Trinajstić information content (AvgIpc) is 2.72. The molecule has 1 fully saturated rings. The maximum atomic E-state index is 12.9. The van der Waals surface area contributed by atoms with Crippen LogP contribution >= 0.6 is 0 Å². The number of alkyl halides is 3.